The highest BCUT2D eigenvalue weighted by Gasteiger charge is 2.35. The van der Waals surface area contributed by atoms with E-state index in [4.69, 9.17) is 5.26 Å². The molecule has 66 valence electrons. The standard InChI is InChI=1S/C10H15NS/c11-7-9(10-5-6-12-10)8-3-1-2-4-8/h8-10H,1-6H2. The maximum absolute atomic E-state index is 9.06. The van der Waals surface area contributed by atoms with Crippen molar-refractivity contribution in [3.8, 4) is 6.07 Å². The maximum atomic E-state index is 9.06. The normalized spacial score (nSPS) is 32.4. The summed E-state index contributed by atoms with van der Waals surface area (Å²) in [7, 11) is 0. The molecule has 2 aliphatic rings. The molecule has 1 aliphatic carbocycles. The zero-order chi connectivity index (χ0) is 8.39. The van der Waals surface area contributed by atoms with Crippen LogP contribution in [0.5, 0.6) is 0 Å². The first-order chi connectivity index (χ1) is 5.92. The Morgan fingerprint density at radius 3 is 2.33 bits per heavy atom. The van der Waals surface area contributed by atoms with Crippen molar-refractivity contribution in [1.82, 2.24) is 0 Å². The summed E-state index contributed by atoms with van der Waals surface area (Å²) < 4.78 is 0. The van der Waals surface area contributed by atoms with Gasteiger partial charge in [0.2, 0.25) is 0 Å². The van der Waals surface area contributed by atoms with E-state index in [1.165, 1.54) is 37.9 Å². The third kappa shape index (κ3) is 1.47. The lowest BCUT2D eigenvalue weighted by atomic mass is 9.88. The van der Waals surface area contributed by atoms with E-state index >= 15 is 0 Å². The van der Waals surface area contributed by atoms with Gasteiger partial charge in [0.1, 0.15) is 0 Å². The molecule has 0 aromatic heterocycles. The SMILES string of the molecule is N#CC(C1CCCC1)C1CCS1. The highest BCUT2D eigenvalue weighted by Crippen LogP contribution is 2.42. The van der Waals surface area contributed by atoms with E-state index in [1.807, 2.05) is 11.8 Å². The quantitative estimate of drug-likeness (QED) is 0.654. The number of thioether (sulfide) groups is 1. The smallest absolute Gasteiger partial charge is 0.0670 e. The summed E-state index contributed by atoms with van der Waals surface area (Å²) in [6.45, 7) is 0. The summed E-state index contributed by atoms with van der Waals surface area (Å²) in [5, 5.41) is 9.75. The lowest BCUT2D eigenvalue weighted by Crippen LogP contribution is -2.29. The molecule has 0 amide bonds. The molecule has 0 aromatic rings. The molecule has 2 rings (SSSR count). The average Bonchev–Trinajstić information content (AvgIpc) is 2.47. The fraction of sp³-hybridized carbons (Fsp3) is 0.900. The van der Waals surface area contributed by atoms with Gasteiger partial charge in [0, 0.05) is 5.25 Å². The number of hydrogen-bond acceptors (Lipinski definition) is 2. The fourth-order valence-corrected chi connectivity index (χ4v) is 3.34. The van der Waals surface area contributed by atoms with Crippen LogP contribution < -0.4 is 0 Å². The molecule has 2 heteroatoms. The molecule has 1 saturated carbocycles. The molecule has 0 N–H and O–H groups in total. The minimum Gasteiger partial charge on any atom is -0.198 e. The Bertz CT molecular complexity index is 187. The Hall–Kier alpha value is -0.160. The van der Waals surface area contributed by atoms with Crippen molar-refractivity contribution in [1.29, 1.82) is 5.26 Å². The first kappa shape index (κ1) is 8.44. The van der Waals surface area contributed by atoms with Crippen molar-refractivity contribution >= 4 is 11.8 Å². The maximum Gasteiger partial charge on any atom is 0.0670 e. The van der Waals surface area contributed by atoms with E-state index < -0.39 is 0 Å². The van der Waals surface area contributed by atoms with Crippen molar-refractivity contribution in [3.63, 3.8) is 0 Å². The topological polar surface area (TPSA) is 23.8 Å². The van der Waals surface area contributed by atoms with E-state index in [2.05, 4.69) is 6.07 Å². The van der Waals surface area contributed by atoms with Crippen LogP contribution in [0.25, 0.3) is 0 Å². The minimum absolute atomic E-state index is 0.381. The van der Waals surface area contributed by atoms with E-state index in [0.717, 1.165) is 5.92 Å². The van der Waals surface area contributed by atoms with Gasteiger partial charge in [-0.3, -0.25) is 0 Å². The van der Waals surface area contributed by atoms with Gasteiger partial charge in [-0.05, 0) is 30.9 Å². The van der Waals surface area contributed by atoms with Crippen molar-refractivity contribution in [2.45, 2.75) is 37.4 Å². The molecule has 1 nitrogen and oxygen atoms in total. The molecule has 2 fully saturated rings. The number of nitriles is 1. The van der Waals surface area contributed by atoms with Crippen molar-refractivity contribution < 1.29 is 0 Å². The van der Waals surface area contributed by atoms with Crippen LogP contribution in [0.1, 0.15) is 32.1 Å². The molecule has 12 heavy (non-hydrogen) atoms. The highest BCUT2D eigenvalue weighted by molar-refractivity contribution is 8.01. The highest BCUT2D eigenvalue weighted by atomic mass is 32.2. The van der Waals surface area contributed by atoms with Gasteiger partial charge in [-0.25, -0.2) is 0 Å². The van der Waals surface area contributed by atoms with Crippen LogP contribution in [0.4, 0.5) is 0 Å². The lowest BCUT2D eigenvalue weighted by Gasteiger charge is -2.32. The van der Waals surface area contributed by atoms with Gasteiger partial charge in [0.25, 0.3) is 0 Å². The summed E-state index contributed by atoms with van der Waals surface area (Å²) in [6.07, 6.45) is 6.64. The predicted molar refractivity (Wildman–Crippen MR) is 51.9 cm³/mol. The Labute approximate surface area is 78.5 Å². The molecule has 1 saturated heterocycles. The monoisotopic (exact) mass is 181 g/mol. The van der Waals surface area contributed by atoms with E-state index in [-0.39, 0.29) is 0 Å². The van der Waals surface area contributed by atoms with Gasteiger partial charge in [-0.2, -0.15) is 17.0 Å². The Morgan fingerprint density at radius 1 is 1.25 bits per heavy atom. The number of nitrogens with zero attached hydrogens (tertiary/aromatic N) is 1. The van der Waals surface area contributed by atoms with Gasteiger partial charge in [-0.15, -0.1) is 0 Å². The summed E-state index contributed by atoms with van der Waals surface area (Å²) in [5.41, 5.74) is 0. The van der Waals surface area contributed by atoms with Crippen molar-refractivity contribution in [2.24, 2.45) is 11.8 Å². The number of hydrogen-bond donors (Lipinski definition) is 0. The van der Waals surface area contributed by atoms with Gasteiger partial charge in [0.15, 0.2) is 0 Å². The molecule has 1 heterocycles. The van der Waals surface area contributed by atoms with E-state index in [9.17, 15) is 0 Å². The Morgan fingerprint density at radius 2 is 1.92 bits per heavy atom. The molecule has 1 aliphatic heterocycles. The van der Waals surface area contributed by atoms with E-state index in [0.29, 0.717) is 11.2 Å². The summed E-state index contributed by atoms with van der Waals surface area (Å²) in [5.74, 6) is 2.41. The zero-order valence-corrected chi connectivity index (χ0v) is 8.15. The van der Waals surface area contributed by atoms with Gasteiger partial charge in [0.05, 0.1) is 12.0 Å². The molecular formula is C10H15NS. The van der Waals surface area contributed by atoms with Crippen molar-refractivity contribution in [3.05, 3.63) is 0 Å². The van der Waals surface area contributed by atoms with Crippen molar-refractivity contribution in [2.75, 3.05) is 5.75 Å². The Kier molecular flexibility index (Phi) is 2.60. The predicted octanol–water partition coefficient (Wildman–Crippen LogP) is 2.82. The molecule has 0 spiro atoms. The molecule has 0 bridgehead atoms. The second kappa shape index (κ2) is 3.70. The average molecular weight is 181 g/mol. The molecular weight excluding hydrogens is 166 g/mol. The summed E-state index contributed by atoms with van der Waals surface area (Å²) >= 11 is 2.00. The van der Waals surface area contributed by atoms with Gasteiger partial charge < -0.3 is 0 Å². The molecule has 2 unspecified atom stereocenters. The second-order valence-electron chi connectivity index (χ2n) is 3.90. The first-order valence-corrected chi connectivity index (χ1v) is 5.98. The first-order valence-electron chi connectivity index (χ1n) is 4.93. The van der Waals surface area contributed by atoms with Crippen LogP contribution in [0, 0.1) is 23.2 Å². The van der Waals surface area contributed by atoms with Crippen LogP contribution in [-0.2, 0) is 0 Å². The molecule has 0 aromatic carbocycles. The van der Waals surface area contributed by atoms with Crippen LogP contribution in [0.2, 0.25) is 0 Å². The van der Waals surface area contributed by atoms with Crippen LogP contribution in [0.3, 0.4) is 0 Å². The third-order valence-electron chi connectivity index (χ3n) is 3.19. The third-order valence-corrected chi connectivity index (χ3v) is 4.62. The number of rotatable bonds is 2. The Balaban J connectivity index is 1.92. The molecule has 2 atom stereocenters. The lowest BCUT2D eigenvalue weighted by molar-refractivity contribution is 0.390. The van der Waals surface area contributed by atoms with Gasteiger partial charge >= 0.3 is 0 Å². The van der Waals surface area contributed by atoms with Crippen LogP contribution in [0.15, 0.2) is 0 Å². The fourth-order valence-electron chi connectivity index (χ4n) is 2.35. The van der Waals surface area contributed by atoms with E-state index in [1.54, 1.807) is 0 Å². The molecule has 0 radical (unpaired) electrons. The summed E-state index contributed by atoms with van der Waals surface area (Å²) in [6, 6.07) is 2.53. The van der Waals surface area contributed by atoms with Crippen LogP contribution >= 0.6 is 11.8 Å². The second-order valence-corrected chi connectivity index (χ2v) is 5.24. The zero-order valence-electron chi connectivity index (χ0n) is 7.33. The van der Waals surface area contributed by atoms with Crippen LogP contribution in [-0.4, -0.2) is 11.0 Å². The van der Waals surface area contributed by atoms with Gasteiger partial charge in [-0.1, -0.05) is 12.8 Å². The largest absolute Gasteiger partial charge is 0.198 e. The summed E-state index contributed by atoms with van der Waals surface area (Å²) in [4.78, 5) is 0. The minimum atomic E-state index is 0.381.